The molecule has 1 saturated heterocycles. The van der Waals surface area contributed by atoms with Gasteiger partial charge in [0.2, 0.25) is 5.91 Å². The van der Waals surface area contributed by atoms with Crippen molar-refractivity contribution in [3.05, 3.63) is 83.9 Å². The van der Waals surface area contributed by atoms with Crippen molar-refractivity contribution in [2.45, 2.75) is 44.6 Å². The Hall–Kier alpha value is -3.97. The molecular weight excluding hydrogens is 476 g/mol. The average Bonchev–Trinajstić information content (AvgIpc) is 3.50. The standard InChI is InChI=1S/C31H32N4O3/c1-20(2)25-10-9-22(18-32-25)30-33-28(19-34(30)3)31(37)12-14-35(15-13-31)29(36)17-21-8-11-27-24(16-21)23-6-4-5-7-26(23)38-27/h4-11,16,18-20,37H,12-15,17H2,1-3H3. The number of aliphatic hydroxyl groups is 1. The third-order valence-electron chi connectivity index (χ3n) is 7.73. The van der Waals surface area contributed by atoms with Crippen LogP contribution in [0.4, 0.5) is 0 Å². The first-order chi connectivity index (χ1) is 18.3. The first kappa shape index (κ1) is 24.4. The molecule has 1 amide bonds. The molecule has 0 bridgehead atoms. The lowest BCUT2D eigenvalue weighted by atomic mass is 9.88. The second-order valence-corrected chi connectivity index (χ2v) is 10.7. The van der Waals surface area contributed by atoms with Crippen molar-refractivity contribution < 1.29 is 14.3 Å². The lowest BCUT2D eigenvalue weighted by molar-refractivity contribution is -0.135. The van der Waals surface area contributed by atoms with E-state index in [1.807, 2.05) is 77.4 Å². The van der Waals surface area contributed by atoms with Crippen LogP contribution in [0.5, 0.6) is 0 Å². The molecule has 0 atom stereocenters. The number of piperidine rings is 1. The molecule has 1 N–H and O–H groups in total. The summed E-state index contributed by atoms with van der Waals surface area (Å²) in [6.07, 6.45) is 4.96. The summed E-state index contributed by atoms with van der Waals surface area (Å²) in [5.41, 5.74) is 4.18. The zero-order valence-corrected chi connectivity index (χ0v) is 22.0. The van der Waals surface area contributed by atoms with Crippen LogP contribution < -0.4 is 0 Å². The zero-order chi connectivity index (χ0) is 26.4. The molecule has 0 aliphatic carbocycles. The van der Waals surface area contributed by atoms with E-state index < -0.39 is 5.60 Å². The van der Waals surface area contributed by atoms with Gasteiger partial charge in [-0.1, -0.05) is 38.1 Å². The van der Waals surface area contributed by atoms with Gasteiger partial charge in [-0.15, -0.1) is 0 Å². The highest BCUT2D eigenvalue weighted by Gasteiger charge is 2.38. The molecule has 7 nitrogen and oxygen atoms in total. The predicted molar refractivity (Wildman–Crippen MR) is 148 cm³/mol. The topological polar surface area (TPSA) is 84.4 Å². The summed E-state index contributed by atoms with van der Waals surface area (Å²) in [6.45, 7) is 5.21. The Labute approximate surface area is 221 Å². The fraction of sp³-hybridized carbons (Fsp3) is 0.323. The lowest BCUT2D eigenvalue weighted by Crippen LogP contribution is -2.45. The van der Waals surface area contributed by atoms with Crippen molar-refractivity contribution in [3.63, 3.8) is 0 Å². The maximum atomic E-state index is 13.2. The Morgan fingerprint density at radius 3 is 2.55 bits per heavy atom. The monoisotopic (exact) mass is 508 g/mol. The molecule has 2 aromatic carbocycles. The predicted octanol–water partition coefficient (Wildman–Crippen LogP) is 5.56. The van der Waals surface area contributed by atoms with Crippen LogP contribution in [0.2, 0.25) is 0 Å². The Morgan fingerprint density at radius 1 is 1.05 bits per heavy atom. The van der Waals surface area contributed by atoms with Crippen LogP contribution in [-0.2, 0) is 23.9 Å². The number of para-hydroxylation sites is 1. The molecule has 0 unspecified atom stereocenters. The van der Waals surface area contributed by atoms with E-state index in [9.17, 15) is 9.90 Å². The van der Waals surface area contributed by atoms with Crippen LogP contribution in [0.1, 0.15) is 49.6 Å². The van der Waals surface area contributed by atoms with E-state index in [-0.39, 0.29) is 5.91 Å². The fourth-order valence-electron chi connectivity index (χ4n) is 5.39. The van der Waals surface area contributed by atoms with E-state index in [0.717, 1.165) is 44.6 Å². The molecule has 3 aromatic heterocycles. The summed E-state index contributed by atoms with van der Waals surface area (Å²) < 4.78 is 7.85. The lowest BCUT2D eigenvalue weighted by Gasteiger charge is -2.37. The molecule has 6 rings (SSSR count). The minimum Gasteiger partial charge on any atom is -0.456 e. The highest BCUT2D eigenvalue weighted by molar-refractivity contribution is 6.05. The largest absolute Gasteiger partial charge is 0.456 e. The van der Waals surface area contributed by atoms with E-state index in [1.165, 1.54) is 0 Å². The van der Waals surface area contributed by atoms with Crippen molar-refractivity contribution in [2.75, 3.05) is 13.1 Å². The van der Waals surface area contributed by atoms with Crippen molar-refractivity contribution in [1.82, 2.24) is 19.4 Å². The number of amides is 1. The third kappa shape index (κ3) is 4.37. The molecular formula is C31H32N4O3. The van der Waals surface area contributed by atoms with Crippen molar-refractivity contribution >= 4 is 27.8 Å². The minimum atomic E-state index is -1.06. The van der Waals surface area contributed by atoms with Gasteiger partial charge in [0, 0.05) is 54.6 Å². The molecule has 0 spiro atoms. The summed E-state index contributed by atoms with van der Waals surface area (Å²) in [6, 6.07) is 18.0. The maximum Gasteiger partial charge on any atom is 0.226 e. The second kappa shape index (κ2) is 9.40. The SMILES string of the molecule is CC(C)c1ccc(-c2nc(C3(O)CCN(C(=O)Cc4ccc5oc6ccccc6c5c4)CC3)cn2C)cn1. The van der Waals surface area contributed by atoms with E-state index in [1.54, 1.807) is 0 Å². The number of likely N-dealkylation sites (tertiary alicyclic amines) is 1. The van der Waals surface area contributed by atoms with Gasteiger partial charge < -0.3 is 19.0 Å². The molecule has 1 aliphatic rings. The third-order valence-corrected chi connectivity index (χ3v) is 7.73. The molecule has 7 heteroatoms. The van der Waals surface area contributed by atoms with Crippen LogP contribution in [0, 0.1) is 0 Å². The van der Waals surface area contributed by atoms with Gasteiger partial charge >= 0.3 is 0 Å². The van der Waals surface area contributed by atoms with Gasteiger partial charge in [-0.2, -0.15) is 0 Å². The van der Waals surface area contributed by atoms with E-state index in [4.69, 9.17) is 9.40 Å². The Balaban J connectivity index is 1.14. The molecule has 1 aliphatic heterocycles. The Bertz CT molecular complexity index is 1620. The molecule has 1 fully saturated rings. The number of rotatable bonds is 5. The molecule has 0 radical (unpaired) electrons. The summed E-state index contributed by atoms with van der Waals surface area (Å²) in [5.74, 6) is 1.21. The highest BCUT2D eigenvalue weighted by atomic mass is 16.3. The van der Waals surface area contributed by atoms with Crippen LogP contribution in [0.3, 0.4) is 0 Å². The van der Waals surface area contributed by atoms with E-state index in [2.05, 4.69) is 24.9 Å². The fourth-order valence-corrected chi connectivity index (χ4v) is 5.39. The molecule has 38 heavy (non-hydrogen) atoms. The minimum absolute atomic E-state index is 0.0669. The van der Waals surface area contributed by atoms with Crippen LogP contribution in [0.15, 0.2) is 71.4 Å². The summed E-state index contributed by atoms with van der Waals surface area (Å²) >= 11 is 0. The molecule has 4 heterocycles. The van der Waals surface area contributed by atoms with Gasteiger partial charge in [0.25, 0.3) is 0 Å². The number of fused-ring (bicyclic) bond motifs is 3. The number of carbonyl (C=O) groups excluding carboxylic acids is 1. The number of pyridine rings is 1. The average molecular weight is 509 g/mol. The van der Waals surface area contributed by atoms with Crippen LogP contribution in [-0.4, -0.2) is 43.5 Å². The quantitative estimate of drug-likeness (QED) is 0.336. The number of imidazole rings is 1. The van der Waals surface area contributed by atoms with Gasteiger partial charge in [-0.05, 0) is 54.7 Å². The van der Waals surface area contributed by atoms with E-state index >= 15 is 0 Å². The number of furan rings is 1. The number of aromatic nitrogens is 3. The number of benzene rings is 2. The number of carbonyl (C=O) groups is 1. The normalized spacial score (nSPS) is 15.6. The van der Waals surface area contributed by atoms with Crippen LogP contribution in [0.25, 0.3) is 33.3 Å². The molecule has 194 valence electrons. The number of aryl methyl sites for hydroxylation is 1. The number of hydrogen-bond donors (Lipinski definition) is 1. The van der Waals surface area contributed by atoms with Gasteiger partial charge in [0.05, 0.1) is 12.1 Å². The Kier molecular flexibility index (Phi) is 6.03. The van der Waals surface area contributed by atoms with E-state index in [0.29, 0.717) is 44.0 Å². The van der Waals surface area contributed by atoms with Crippen molar-refractivity contribution in [1.29, 1.82) is 0 Å². The first-order valence-electron chi connectivity index (χ1n) is 13.2. The van der Waals surface area contributed by atoms with Crippen molar-refractivity contribution in [2.24, 2.45) is 7.05 Å². The number of hydrogen-bond acceptors (Lipinski definition) is 5. The van der Waals surface area contributed by atoms with Gasteiger partial charge in [-0.25, -0.2) is 4.98 Å². The van der Waals surface area contributed by atoms with Gasteiger partial charge in [0.15, 0.2) is 0 Å². The first-order valence-corrected chi connectivity index (χ1v) is 13.2. The summed E-state index contributed by atoms with van der Waals surface area (Å²) in [4.78, 5) is 24.4. The zero-order valence-electron chi connectivity index (χ0n) is 22.0. The Morgan fingerprint density at radius 2 is 1.82 bits per heavy atom. The summed E-state index contributed by atoms with van der Waals surface area (Å²) in [7, 11) is 1.93. The van der Waals surface area contributed by atoms with Gasteiger partial charge in [-0.3, -0.25) is 9.78 Å². The maximum absolute atomic E-state index is 13.2. The highest BCUT2D eigenvalue weighted by Crippen LogP contribution is 2.34. The number of nitrogens with zero attached hydrogens (tertiary/aromatic N) is 4. The molecule has 5 aromatic rings. The smallest absolute Gasteiger partial charge is 0.226 e. The second-order valence-electron chi connectivity index (χ2n) is 10.7. The summed E-state index contributed by atoms with van der Waals surface area (Å²) in [5, 5.41) is 13.6. The molecule has 0 saturated carbocycles. The van der Waals surface area contributed by atoms with Crippen LogP contribution >= 0.6 is 0 Å². The van der Waals surface area contributed by atoms with Crippen molar-refractivity contribution in [3.8, 4) is 11.4 Å². The van der Waals surface area contributed by atoms with Gasteiger partial charge in [0.1, 0.15) is 22.6 Å².